The summed E-state index contributed by atoms with van der Waals surface area (Å²) in [6.45, 7) is 7.82. The minimum Gasteiger partial charge on any atom is -0.396 e. The van der Waals surface area contributed by atoms with Gasteiger partial charge in [0.15, 0.2) is 0 Å². The van der Waals surface area contributed by atoms with Gasteiger partial charge in [-0.05, 0) is 36.2 Å². The lowest BCUT2D eigenvalue weighted by atomic mass is 9.75. The van der Waals surface area contributed by atoms with E-state index < -0.39 is 0 Å². The summed E-state index contributed by atoms with van der Waals surface area (Å²) in [5, 5.41) is 13.5. The Labute approximate surface area is 123 Å². The SMILES string of the molecule is CC1CCC(NCC(c2ccccc2)C(C)(C)CO)C1. The van der Waals surface area contributed by atoms with Crippen LogP contribution in [0.5, 0.6) is 0 Å². The van der Waals surface area contributed by atoms with Crippen molar-refractivity contribution in [2.24, 2.45) is 11.3 Å². The molecule has 1 fully saturated rings. The van der Waals surface area contributed by atoms with Crippen LogP contribution >= 0.6 is 0 Å². The van der Waals surface area contributed by atoms with Crippen LogP contribution in [-0.2, 0) is 0 Å². The molecule has 3 atom stereocenters. The summed E-state index contributed by atoms with van der Waals surface area (Å²) in [4.78, 5) is 0. The third-order valence-corrected chi connectivity index (χ3v) is 4.86. The van der Waals surface area contributed by atoms with Crippen LogP contribution in [0.3, 0.4) is 0 Å². The zero-order valence-electron chi connectivity index (χ0n) is 13.1. The molecule has 2 N–H and O–H groups in total. The molecular weight excluding hydrogens is 246 g/mol. The highest BCUT2D eigenvalue weighted by Gasteiger charge is 2.31. The van der Waals surface area contributed by atoms with E-state index in [4.69, 9.17) is 0 Å². The molecule has 1 aromatic rings. The number of aliphatic hydroxyl groups is 1. The highest BCUT2D eigenvalue weighted by Crippen LogP contribution is 2.35. The molecule has 2 rings (SSSR count). The topological polar surface area (TPSA) is 32.3 Å². The van der Waals surface area contributed by atoms with E-state index in [0.717, 1.165) is 12.5 Å². The van der Waals surface area contributed by atoms with Gasteiger partial charge in [0.25, 0.3) is 0 Å². The second-order valence-corrected chi connectivity index (χ2v) is 7.13. The summed E-state index contributed by atoms with van der Waals surface area (Å²) in [6, 6.07) is 11.3. The Hall–Kier alpha value is -0.860. The van der Waals surface area contributed by atoms with Gasteiger partial charge in [-0.15, -0.1) is 0 Å². The Kier molecular flexibility index (Phi) is 5.22. The molecular formula is C18H29NO. The molecule has 3 unspecified atom stereocenters. The van der Waals surface area contributed by atoms with Gasteiger partial charge in [-0.1, -0.05) is 51.1 Å². The lowest BCUT2D eigenvalue weighted by Crippen LogP contribution is -2.38. The zero-order chi connectivity index (χ0) is 14.6. The van der Waals surface area contributed by atoms with Crippen LogP contribution in [0.1, 0.15) is 51.5 Å². The number of aliphatic hydroxyl groups excluding tert-OH is 1. The molecule has 0 spiro atoms. The van der Waals surface area contributed by atoms with Gasteiger partial charge in [-0.3, -0.25) is 0 Å². The summed E-state index contributed by atoms with van der Waals surface area (Å²) in [5.41, 5.74) is 1.23. The van der Waals surface area contributed by atoms with Crippen molar-refractivity contribution >= 4 is 0 Å². The summed E-state index contributed by atoms with van der Waals surface area (Å²) >= 11 is 0. The van der Waals surface area contributed by atoms with Crippen LogP contribution < -0.4 is 5.32 Å². The molecule has 1 aliphatic rings. The zero-order valence-corrected chi connectivity index (χ0v) is 13.1. The van der Waals surface area contributed by atoms with Gasteiger partial charge in [-0.25, -0.2) is 0 Å². The maximum atomic E-state index is 9.73. The van der Waals surface area contributed by atoms with Crippen molar-refractivity contribution in [3.05, 3.63) is 35.9 Å². The number of rotatable bonds is 6. The van der Waals surface area contributed by atoms with E-state index in [2.05, 4.69) is 56.4 Å². The third kappa shape index (κ3) is 3.83. The molecule has 1 saturated carbocycles. The van der Waals surface area contributed by atoms with E-state index in [1.54, 1.807) is 0 Å². The molecule has 0 saturated heterocycles. The highest BCUT2D eigenvalue weighted by atomic mass is 16.3. The molecule has 0 heterocycles. The maximum absolute atomic E-state index is 9.73. The monoisotopic (exact) mass is 275 g/mol. The van der Waals surface area contributed by atoms with E-state index in [-0.39, 0.29) is 12.0 Å². The molecule has 0 aliphatic heterocycles. The first-order valence-electron chi connectivity index (χ1n) is 7.92. The maximum Gasteiger partial charge on any atom is 0.0488 e. The van der Waals surface area contributed by atoms with Gasteiger partial charge in [0, 0.05) is 25.1 Å². The Balaban J connectivity index is 2.04. The van der Waals surface area contributed by atoms with Crippen molar-refractivity contribution in [3.8, 4) is 0 Å². The second-order valence-electron chi connectivity index (χ2n) is 7.13. The molecule has 0 amide bonds. The lowest BCUT2D eigenvalue weighted by Gasteiger charge is -2.34. The Morgan fingerprint density at radius 1 is 1.25 bits per heavy atom. The van der Waals surface area contributed by atoms with Crippen molar-refractivity contribution in [2.75, 3.05) is 13.2 Å². The number of nitrogens with one attached hydrogen (secondary N) is 1. The third-order valence-electron chi connectivity index (χ3n) is 4.86. The fourth-order valence-electron chi connectivity index (χ4n) is 3.32. The van der Waals surface area contributed by atoms with E-state index in [1.807, 2.05) is 0 Å². The number of hydrogen-bond donors (Lipinski definition) is 2. The molecule has 2 nitrogen and oxygen atoms in total. The van der Waals surface area contributed by atoms with Crippen LogP contribution in [0.15, 0.2) is 30.3 Å². The molecule has 0 radical (unpaired) electrons. The Morgan fingerprint density at radius 2 is 1.95 bits per heavy atom. The quantitative estimate of drug-likeness (QED) is 0.832. The molecule has 0 aromatic heterocycles. The van der Waals surface area contributed by atoms with E-state index >= 15 is 0 Å². The largest absolute Gasteiger partial charge is 0.396 e. The van der Waals surface area contributed by atoms with Crippen molar-refractivity contribution in [1.82, 2.24) is 5.32 Å². The average Bonchev–Trinajstić information content (AvgIpc) is 2.86. The van der Waals surface area contributed by atoms with Gasteiger partial charge in [0.1, 0.15) is 0 Å². The van der Waals surface area contributed by atoms with E-state index in [0.29, 0.717) is 12.0 Å². The van der Waals surface area contributed by atoms with Crippen LogP contribution in [0.4, 0.5) is 0 Å². The first-order valence-corrected chi connectivity index (χ1v) is 7.92. The van der Waals surface area contributed by atoms with Crippen molar-refractivity contribution in [2.45, 2.75) is 52.0 Å². The summed E-state index contributed by atoms with van der Waals surface area (Å²) in [5.74, 6) is 1.21. The summed E-state index contributed by atoms with van der Waals surface area (Å²) in [7, 11) is 0. The van der Waals surface area contributed by atoms with E-state index in [9.17, 15) is 5.11 Å². The van der Waals surface area contributed by atoms with Crippen LogP contribution in [0.2, 0.25) is 0 Å². The second kappa shape index (κ2) is 6.73. The first kappa shape index (κ1) is 15.5. The minimum absolute atomic E-state index is 0.0986. The van der Waals surface area contributed by atoms with Crippen LogP contribution in [0.25, 0.3) is 0 Å². The first-order chi connectivity index (χ1) is 9.53. The van der Waals surface area contributed by atoms with Gasteiger partial charge < -0.3 is 10.4 Å². The molecule has 1 aromatic carbocycles. The predicted molar refractivity (Wildman–Crippen MR) is 84.9 cm³/mol. The molecule has 2 heteroatoms. The van der Waals surface area contributed by atoms with Crippen LogP contribution in [-0.4, -0.2) is 24.3 Å². The predicted octanol–water partition coefficient (Wildman–Crippen LogP) is 3.57. The molecule has 1 aliphatic carbocycles. The normalized spacial score (nSPS) is 24.8. The number of benzene rings is 1. The Morgan fingerprint density at radius 3 is 2.50 bits per heavy atom. The molecule has 0 bridgehead atoms. The fourth-order valence-corrected chi connectivity index (χ4v) is 3.32. The van der Waals surface area contributed by atoms with Crippen molar-refractivity contribution in [1.29, 1.82) is 0 Å². The van der Waals surface area contributed by atoms with Crippen molar-refractivity contribution < 1.29 is 5.11 Å². The molecule has 112 valence electrons. The summed E-state index contributed by atoms with van der Waals surface area (Å²) < 4.78 is 0. The van der Waals surface area contributed by atoms with Crippen molar-refractivity contribution in [3.63, 3.8) is 0 Å². The average molecular weight is 275 g/mol. The number of hydrogen-bond acceptors (Lipinski definition) is 2. The lowest BCUT2D eigenvalue weighted by molar-refractivity contribution is 0.127. The standard InChI is InChI=1S/C18H29NO/c1-14-9-10-16(11-14)19-12-17(18(2,3)13-20)15-7-5-4-6-8-15/h4-8,14,16-17,19-20H,9-13H2,1-3H3. The summed E-state index contributed by atoms with van der Waals surface area (Å²) in [6.07, 6.45) is 3.93. The van der Waals surface area contributed by atoms with Crippen LogP contribution in [0, 0.1) is 11.3 Å². The molecule has 20 heavy (non-hydrogen) atoms. The van der Waals surface area contributed by atoms with E-state index in [1.165, 1.54) is 24.8 Å². The minimum atomic E-state index is -0.0986. The van der Waals surface area contributed by atoms with Gasteiger partial charge >= 0.3 is 0 Å². The van der Waals surface area contributed by atoms with Gasteiger partial charge in [-0.2, -0.15) is 0 Å². The highest BCUT2D eigenvalue weighted by molar-refractivity contribution is 5.22. The Bertz CT molecular complexity index is 401. The van der Waals surface area contributed by atoms with Gasteiger partial charge in [0.2, 0.25) is 0 Å². The smallest absolute Gasteiger partial charge is 0.0488 e. The van der Waals surface area contributed by atoms with Gasteiger partial charge in [0.05, 0.1) is 0 Å². The fraction of sp³-hybridized carbons (Fsp3) is 0.667.